The molecule has 19 heavy (non-hydrogen) atoms. The Kier molecular flexibility index (Phi) is 3.83. The summed E-state index contributed by atoms with van der Waals surface area (Å²) in [6.07, 6.45) is 1.35. The third-order valence-corrected chi connectivity index (χ3v) is 3.38. The lowest BCUT2D eigenvalue weighted by Gasteiger charge is -2.15. The maximum absolute atomic E-state index is 12.1. The summed E-state index contributed by atoms with van der Waals surface area (Å²) >= 11 is 0. The van der Waals surface area contributed by atoms with Gasteiger partial charge in [-0.25, -0.2) is 0 Å². The van der Waals surface area contributed by atoms with Crippen LogP contribution in [0.5, 0.6) is 0 Å². The smallest absolute Gasteiger partial charge is 0.237 e. The number of carbonyl (C=O) groups excluding carboxylic acids is 3. The molecule has 1 aromatic carbocycles. The fraction of sp³-hybridized carbons (Fsp3) is 0.357. The molecule has 1 heterocycles. The highest BCUT2D eigenvalue weighted by molar-refractivity contribution is 6.57. The highest BCUT2D eigenvalue weighted by atomic mass is 16.2. The Labute approximate surface area is 113 Å². The van der Waals surface area contributed by atoms with E-state index in [0.29, 0.717) is 24.9 Å². The second-order valence-corrected chi connectivity index (χ2v) is 4.92. The molecule has 1 unspecified atom stereocenters. The molecule has 1 saturated heterocycles. The number of rotatable bonds is 4. The molecule has 2 rings (SSSR count). The van der Waals surface area contributed by atoms with E-state index in [1.807, 2.05) is 6.92 Å². The van der Waals surface area contributed by atoms with Crippen LogP contribution in [-0.4, -0.2) is 25.3 Å². The molecule has 0 radical (unpaired) electrons. The number of hydrogen-bond acceptors (Lipinski definition) is 3. The molecular weight excluding hydrogens is 241 g/mol. The van der Waals surface area contributed by atoms with Crippen LogP contribution in [0.1, 0.15) is 25.3 Å². The van der Waals surface area contributed by atoms with Crippen molar-refractivity contribution in [3.05, 3.63) is 29.8 Å². The van der Waals surface area contributed by atoms with Crippen LogP contribution in [0.25, 0.3) is 0 Å². The molecule has 0 spiro atoms. The van der Waals surface area contributed by atoms with Crippen molar-refractivity contribution in [2.75, 3.05) is 4.90 Å². The Morgan fingerprint density at radius 1 is 1.32 bits per heavy atom. The monoisotopic (exact) mass is 257 g/mol. The minimum atomic E-state index is -0.190. The lowest BCUT2D eigenvalue weighted by atomic mass is 9.95. The van der Waals surface area contributed by atoms with Crippen molar-refractivity contribution in [2.45, 2.75) is 26.2 Å². The first-order valence-corrected chi connectivity index (χ1v) is 6.48. The first-order chi connectivity index (χ1) is 9.02. The highest BCUT2D eigenvalue weighted by Gasteiger charge is 2.38. The normalized spacial score (nSPS) is 19.0. The van der Waals surface area contributed by atoms with Crippen LogP contribution < -0.4 is 4.90 Å². The van der Waals surface area contributed by atoms with Gasteiger partial charge >= 0.3 is 0 Å². The SMILES string of the molecule is BC(=O)Cc1ccc(N2C(=O)CC(CC)C2=O)cc1. The van der Waals surface area contributed by atoms with Gasteiger partial charge in [0, 0.05) is 18.8 Å². The lowest BCUT2D eigenvalue weighted by Crippen LogP contribution is -2.30. The van der Waals surface area contributed by atoms with Crippen LogP contribution in [0.15, 0.2) is 24.3 Å². The number of benzene rings is 1. The summed E-state index contributed by atoms with van der Waals surface area (Å²) in [5.74, 6) is -0.451. The summed E-state index contributed by atoms with van der Waals surface area (Å²) in [5.41, 5.74) is 1.58. The lowest BCUT2D eigenvalue weighted by molar-refractivity contribution is -0.122. The first-order valence-electron chi connectivity index (χ1n) is 6.48. The quantitative estimate of drug-likeness (QED) is 0.588. The van der Waals surface area contributed by atoms with Gasteiger partial charge in [-0.1, -0.05) is 19.1 Å². The van der Waals surface area contributed by atoms with Gasteiger partial charge in [-0.05, 0) is 24.1 Å². The van der Waals surface area contributed by atoms with Gasteiger partial charge in [0.25, 0.3) is 0 Å². The summed E-state index contributed by atoms with van der Waals surface area (Å²) in [5, 5.41) is 0. The average molecular weight is 257 g/mol. The number of imide groups is 1. The van der Waals surface area contributed by atoms with Gasteiger partial charge in [0.2, 0.25) is 11.8 Å². The first kappa shape index (κ1) is 13.5. The van der Waals surface area contributed by atoms with Crippen LogP contribution in [-0.2, 0) is 20.8 Å². The Morgan fingerprint density at radius 3 is 2.42 bits per heavy atom. The molecular formula is C14H16BNO3. The minimum absolute atomic E-state index is 0.0899. The zero-order valence-corrected chi connectivity index (χ0v) is 11.2. The molecule has 0 N–H and O–H groups in total. The van der Waals surface area contributed by atoms with Gasteiger partial charge in [0.05, 0.1) is 11.4 Å². The van der Waals surface area contributed by atoms with E-state index in [1.165, 1.54) is 12.7 Å². The zero-order chi connectivity index (χ0) is 14.0. The topological polar surface area (TPSA) is 54.5 Å². The maximum atomic E-state index is 12.1. The van der Waals surface area contributed by atoms with E-state index in [-0.39, 0.29) is 23.4 Å². The van der Waals surface area contributed by atoms with Crippen LogP contribution in [0.4, 0.5) is 5.69 Å². The molecule has 5 heteroatoms. The number of hydrogen-bond donors (Lipinski definition) is 0. The third kappa shape index (κ3) is 2.75. The molecule has 0 aliphatic carbocycles. The fourth-order valence-corrected chi connectivity index (χ4v) is 2.34. The Balaban J connectivity index is 2.20. The van der Waals surface area contributed by atoms with E-state index in [1.54, 1.807) is 24.3 Å². The summed E-state index contributed by atoms with van der Waals surface area (Å²) in [4.78, 5) is 36.2. The maximum Gasteiger partial charge on any atom is 0.237 e. The predicted octanol–water partition coefficient (Wildman–Crippen LogP) is 0.678. The average Bonchev–Trinajstić information content (AvgIpc) is 2.65. The molecule has 2 amide bonds. The summed E-state index contributed by atoms with van der Waals surface area (Å²) < 4.78 is 0. The summed E-state index contributed by atoms with van der Waals surface area (Å²) in [6.45, 7) is 1.91. The van der Waals surface area contributed by atoms with E-state index in [4.69, 9.17) is 0 Å². The third-order valence-electron chi connectivity index (χ3n) is 3.38. The molecule has 1 aliphatic heterocycles. The van der Waals surface area contributed by atoms with Gasteiger partial charge in [0.15, 0.2) is 7.85 Å². The van der Waals surface area contributed by atoms with Gasteiger partial charge in [-0.15, -0.1) is 0 Å². The summed E-state index contributed by atoms with van der Waals surface area (Å²) in [7, 11) is 1.53. The van der Waals surface area contributed by atoms with Crippen LogP contribution in [0.2, 0.25) is 0 Å². The second kappa shape index (κ2) is 5.39. The molecule has 0 bridgehead atoms. The van der Waals surface area contributed by atoms with Crippen molar-refractivity contribution >= 4 is 31.0 Å². The molecule has 1 aliphatic rings. The van der Waals surface area contributed by atoms with E-state index in [2.05, 4.69) is 0 Å². The fourth-order valence-electron chi connectivity index (χ4n) is 2.34. The molecule has 0 aromatic heterocycles. The van der Waals surface area contributed by atoms with Crippen molar-refractivity contribution in [3.63, 3.8) is 0 Å². The highest BCUT2D eigenvalue weighted by Crippen LogP contribution is 2.28. The largest absolute Gasteiger partial charge is 0.312 e. The van der Waals surface area contributed by atoms with Crippen molar-refractivity contribution in [1.82, 2.24) is 0 Å². The van der Waals surface area contributed by atoms with Crippen molar-refractivity contribution in [3.8, 4) is 0 Å². The second-order valence-electron chi connectivity index (χ2n) is 4.92. The zero-order valence-electron chi connectivity index (χ0n) is 11.2. The number of amides is 2. The minimum Gasteiger partial charge on any atom is -0.312 e. The standard InChI is InChI=1S/C14H16BNO3/c1-2-10-8-13(18)16(14(10)19)11-5-3-9(4-6-11)7-12(15)17/h3-6,10H,2,7-8,15H2,1H3. The van der Waals surface area contributed by atoms with Crippen molar-refractivity contribution < 1.29 is 14.4 Å². The van der Waals surface area contributed by atoms with Crippen molar-refractivity contribution in [1.29, 1.82) is 0 Å². The summed E-state index contributed by atoms with van der Waals surface area (Å²) in [6, 6.07) is 7.03. The van der Waals surface area contributed by atoms with E-state index in [9.17, 15) is 14.4 Å². The Morgan fingerprint density at radius 2 is 1.95 bits per heavy atom. The van der Waals surface area contributed by atoms with Gasteiger partial charge in [-0.3, -0.25) is 14.5 Å². The van der Waals surface area contributed by atoms with Crippen LogP contribution in [0, 0.1) is 5.92 Å². The number of carbonyl (C=O) groups is 3. The van der Waals surface area contributed by atoms with Gasteiger partial charge < -0.3 is 4.79 Å². The van der Waals surface area contributed by atoms with E-state index < -0.39 is 0 Å². The van der Waals surface area contributed by atoms with Crippen molar-refractivity contribution in [2.24, 2.45) is 5.92 Å². The molecule has 1 fully saturated rings. The Hall–Kier alpha value is -1.91. The van der Waals surface area contributed by atoms with Crippen LogP contribution in [0.3, 0.4) is 0 Å². The van der Waals surface area contributed by atoms with Gasteiger partial charge in [0.1, 0.15) is 0 Å². The number of nitrogens with zero attached hydrogens (tertiary/aromatic N) is 1. The molecule has 1 atom stereocenters. The molecule has 4 nitrogen and oxygen atoms in total. The van der Waals surface area contributed by atoms with E-state index in [0.717, 1.165) is 5.56 Å². The molecule has 1 aromatic rings. The van der Waals surface area contributed by atoms with E-state index >= 15 is 0 Å². The molecule has 98 valence electrons. The predicted molar refractivity (Wildman–Crippen MR) is 74.6 cm³/mol. The molecule has 0 saturated carbocycles. The number of anilines is 1. The van der Waals surface area contributed by atoms with Gasteiger partial charge in [-0.2, -0.15) is 0 Å². The van der Waals surface area contributed by atoms with Crippen LogP contribution >= 0.6 is 0 Å². The Bertz CT molecular complexity index is 524.